The number of para-hydroxylation sites is 1. The maximum atomic E-state index is 5.48. The van der Waals surface area contributed by atoms with Crippen LogP contribution >= 0.6 is 11.3 Å². The quantitative estimate of drug-likeness (QED) is 0.543. The van der Waals surface area contributed by atoms with Crippen LogP contribution in [0.4, 0.5) is 0 Å². The molecule has 4 aromatic rings. The topological polar surface area (TPSA) is 26.5 Å². The molecule has 21 heavy (non-hydrogen) atoms. The number of thiazole rings is 1. The van der Waals surface area contributed by atoms with E-state index in [2.05, 4.69) is 47.9 Å². The van der Waals surface area contributed by atoms with Crippen LogP contribution in [-0.4, -0.2) is 16.5 Å². The minimum atomic E-state index is 0.881. The highest BCUT2D eigenvalue weighted by Crippen LogP contribution is 2.34. The predicted octanol–water partition coefficient (Wildman–Crippen LogP) is 4.53. The molecule has 0 bridgehead atoms. The number of fused-ring (bicyclic) bond motifs is 3. The van der Waals surface area contributed by atoms with E-state index < -0.39 is 0 Å². The first-order chi connectivity index (χ1) is 10.3. The average molecular weight is 294 g/mol. The number of methoxy groups -OCH3 is 1. The average Bonchev–Trinajstić information content (AvgIpc) is 3.05. The molecule has 0 amide bonds. The number of benzene rings is 2. The van der Waals surface area contributed by atoms with Gasteiger partial charge < -0.3 is 4.74 Å². The lowest BCUT2D eigenvalue weighted by atomic mass is 10.1. The Morgan fingerprint density at radius 2 is 1.90 bits per heavy atom. The van der Waals surface area contributed by atoms with Crippen molar-refractivity contribution in [3.05, 3.63) is 54.2 Å². The van der Waals surface area contributed by atoms with Gasteiger partial charge in [0.15, 0.2) is 4.96 Å². The van der Waals surface area contributed by atoms with Crippen molar-refractivity contribution in [3.8, 4) is 17.0 Å². The summed E-state index contributed by atoms with van der Waals surface area (Å²) in [7, 11) is 1.70. The van der Waals surface area contributed by atoms with Crippen LogP contribution in [0.15, 0.2) is 48.7 Å². The molecule has 0 radical (unpaired) electrons. The van der Waals surface area contributed by atoms with Crippen LogP contribution in [-0.2, 0) is 0 Å². The molecule has 104 valence electrons. The highest BCUT2D eigenvalue weighted by atomic mass is 32.1. The molecule has 4 heteroatoms. The molecule has 0 saturated heterocycles. The molecule has 2 aromatic carbocycles. The van der Waals surface area contributed by atoms with Crippen LogP contribution in [0, 0.1) is 6.92 Å². The van der Waals surface area contributed by atoms with Gasteiger partial charge in [-0.05, 0) is 19.1 Å². The summed E-state index contributed by atoms with van der Waals surface area (Å²) in [5.41, 5.74) is 4.48. The number of ether oxygens (including phenoxy) is 1. The molecule has 0 N–H and O–H groups in total. The highest BCUT2D eigenvalue weighted by Gasteiger charge is 2.13. The molecular weight excluding hydrogens is 280 g/mol. The second kappa shape index (κ2) is 4.60. The third-order valence-electron chi connectivity index (χ3n) is 3.64. The Hall–Kier alpha value is -2.33. The van der Waals surface area contributed by atoms with Gasteiger partial charge in [0.25, 0.3) is 0 Å². The molecule has 0 saturated carbocycles. The van der Waals surface area contributed by atoms with Gasteiger partial charge in [0, 0.05) is 11.8 Å². The van der Waals surface area contributed by atoms with Crippen LogP contribution in [0.5, 0.6) is 5.75 Å². The van der Waals surface area contributed by atoms with Gasteiger partial charge in [-0.25, -0.2) is 4.98 Å². The molecule has 0 spiro atoms. The summed E-state index contributed by atoms with van der Waals surface area (Å²) in [6.45, 7) is 2.09. The zero-order valence-electron chi connectivity index (χ0n) is 11.8. The van der Waals surface area contributed by atoms with Crippen LogP contribution in [0.25, 0.3) is 26.4 Å². The van der Waals surface area contributed by atoms with Gasteiger partial charge in [0.1, 0.15) is 11.3 Å². The van der Waals surface area contributed by atoms with Crippen molar-refractivity contribution in [3.63, 3.8) is 0 Å². The van der Waals surface area contributed by atoms with Gasteiger partial charge in [-0.15, -0.1) is 0 Å². The van der Waals surface area contributed by atoms with E-state index in [1.54, 1.807) is 18.4 Å². The number of rotatable bonds is 2. The minimum absolute atomic E-state index is 0.881. The summed E-state index contributed by atoms with van der Waals surface area (Å²) in [5.74, 6) is 0.881. The monoisotopic (exact) mass is 294 g/mol. The van der Waals surface area contributed by atoms with Crippen LogP contribution in [0.1, 0.15) is 5.56 Å². The van der Waals surface area contributed by atoms with E-state index in [1.165, 1.54) is 10.3 Å². The first-order valence-corrected chi connectivity index (χ1v) is 7.59. The second-order valence-corrected chi connectivity index (χ2v) is 6.06. The summed E-state index contributed by atoms with van der Waals surface area (Å²) in [4.78, 5) is 5.74. The zero-order valence-corrected chi connectivity index (χ0v) is 12.6. The SMILES string of the molecule is COc1cccc2sc3nc(-c4ccc(C)cc4)cn3c12. The smallest absolute Gasteiger partial charge is 0.195 e. The molecule has 3 nitrogen and oxygen atoms in total. The van der Waals surface area contributed by atoms with Crippen molar-refractivity contribution in [2.45, 2.75) is 6.92 Å². The predicted molar refractivity (Wildman–Crippen MR) is 87.3 cm³/mol. The molecule has 2 heterocycles. The first kappa shape index (κ1) is 12.4. The Balaban J connectivity index is 1.96. The molecule has 0 fully saturated rings. The van der Waals surface area contributed by atoms with Crippen molar-refractivity contribution in [1.29, 1.82) is 0 Å². The minimum Gasteiger partial charge on any atom is -0.495 e. The van der Waals surface area contributed by atoms with Gasteiger partial charge in [-0.3, -0.25) is 4.40 Å². The highest BCUT2D eigenvalue weighted by molar-refractivity contribution is 7.23. The maximum Gasteiger partial charge on any atom is 0.195 e. The summed E-state index contributed by atoms with van der Waals surface area (Å²) < 4.78 is 8.79. The van der Waals surface area contributed by atoms with Gasteiger partial charge in [0.2, 0.25) is 0 Å². The third kappa shape index (κ3) is 1.91. The molecule has 0 atom stereocenters. The fraction of sp³-hybridized carbons (Fsp3) is 0.118. The van der Waals surface area contributed by atoms with Gasteiger partial charge in [0.05, 0.1) is 17.5 Å². The second-order valence-electron chi connectivity index (χ2n) is 5.05. The number of aromatic nitrogens is 2. The van der Waals surface area contributed by atoms with Crippen LogP contribution in [0.2, 0.25) is 0 Å². The van der Waals surface area contributed by atoms with Crippen molar-refractivity contribution < 1.29 is 4.74 Å². The third-order valence-corrected chi connectivity index (χ3v) is 4.66. The lowest BCUT2D eigenvalue weighted by molar-refractivity contribution is 0.418. The Morgan fingerprint density at radius 1 is 1.10 bits per heavy atom. The number of hydrogen-bond donors (Lipinski definition) is 0. The number of aryl methyl sites for hydroxylation is 1. The van der Waals surface area contributed by atoms with Crippen LogP contribution in [0.3, 0.4) is 0 Å². The lowest BCUT2D eigenvalue weighted by Crippen LogP contribution is -1.86. The van der Waals surface area contributed by atoms with E-state index in [4.69, 9.17) is 9.72 Å². The van der Waals surface area contributed by atoms with Gasteiger partial charge >= 0.3 is 0 Å². The summed E-state index contributed by atoms with van der Waals surface area (Å²) in [6, 6.07) is 14.5. The van der Waals surface area contributed by atoms with Gasteiger partial charge in [-0.2, -0.15) is 0 Å². The maximum absolute atomic E-state index is 5.48. The van der Waals surface area contributed by atoms with Crippen LogP contribution < -0.4 is 4.74 Å². The Labute approximate surface area is 126 Å². The first-order valence-electron chi connectivity index (χ1n) is 6.78. The fourth-order valence-electron chi connectivity index (χ4n) is 2.54. The van der Waals surface area contributed by atoms with E-state index in [1.807, 2.05) is 12.1 Å². The Kier molecular flexibility index (Phi) is 2.72. The number of imidazole rings is 1. The van der Waals surface area contributed by atoms with E-state index in [0.29, 0.717) is 0 Å². The molecule has 0 unspecified atom stereocenters. The van der Waals surface area contributed by atoms with E-state index in [0.717, 1.165) is 27.5 Å². The van der Waals surface area contributed by atoms with Crippen molar-refractivity contribution in [2.75, 3.05) is 7.11 Å². The molecule has 0 aliphatic rings. The normalized spacial score (nSPS) is 11.3. The number of hydrogen-bond acceptors (Lipinski definition) is 3. The van der Waals surface area contributed by atoms with E-state index in [-0.39, 0.29) is 0 Å². The summed E-state index contributed by atoms with van der Waals surface area (Å²) in [5, 5.41) is 0. The molecule has 0 aliphatic heterocycles. The zero-order chi connectivity index (χ0) is 14.4. The molecule has 2 aromatic heterocycles. The summed E-state index contributed by atoms with van der Waals surface area (Å²) in [6.07, 6.45) is 2.08. The Bertz CT molecular complexity index is 935. The molecule has 4 rings (SSSR count). The largest absolute Gasteiger partial charge is 0.495 e. The van der Waals surface area contributed by atoms with E-state index >= 15 is 0 Å². The lowest BCUT2D eigenvalue weighted by Gasteiger charge is -2.01. The van der Waals surface area contributed by atoms with Crippen molar-refractivity contribution >= 4 is 26.5 Å². The van der Waals surface area contributed by atoms with E-state index in [9.17, 15) is 0 Å². The standard InChI is InChI=1S/C17H14N2OS/c1-11-6-8-12(9-7-11)13-10-19-16-14(20-2)4-3-5-15(16)21-17(19)18-13/h3-10H,1-2H3. The van der Waals surface area contributed by atoms with Crippen molar-refractivity contribution in [1.82, 2.24) is 9.38 Å². The Morgan fingerprint density at radius 3 is 2.67 bits per heavy atom. The fourth-order valence-corrected chi connectivity index (χ4v) is 3.57. The van der Waals surface area contributed by atoms with Crippen molar-refractivity contribution in [2.24, 2.45) is 0 Å². The summed E-state index contributed by atoms with van der Waals surface area (Å²) >= 11 is 1.68. The molecular formula is C17H14N2OS. The van der Waals surface area contributed by atoms with Gasteiger partial charge in [-0.1, -0.05) is 47.2 Å². The number of nitrogens with zero attached hydrogens (tertiary/aromatic N) is 2. The molecule has 0 aliphatic carbocycles.